The Morgan fingerprint density at radius 2 is 2.24 bits per heavy atom. The van der Waals surface area contributed by atoms with Gasteiger partial charge in [-0.15, -0.1) is 0 Å². The molecule has 0 aromatic rings. The molecule has 2 atom stereocenters. The molecule has 2 heterocycles. The molecule has 1 amide bonds. The summed E-state index contributed by atoms with van der Waals surface area (Å²) in [7, 11) is 0. The van der Waals surface area contributed by atoms with Gasteiger partial charge in [-0.1, -0.05) is 0 Å². The van der Waals surface area contributed by atoms with Gasteiger partial charge < -0.3 is 19.5 Å². The normalized spacial score (nSPS) is 30.4. The molecule has 2 saturated heterocycles. The fourth-order valence-electron chi connectivity index (χ4n) is 2.27. The van der Waals surface area contributed by atoms with Crippen molar-refractivity contribution in [2.45, 2.75) is 18.9 Å². The monoisotopic (exact) mass is 243 g/mol. The first-order valence-corrected chi connectivity index (χ1v) is 5.86. The van der Waals surface area contributed by atoms with E-state index in [0.29, 0.717) is 13.2 Å². The summed E-state index contributed by atoms with van der Waals surface area (Å²) in [5, 5.41) is 9.05. The number of aliphatic carboxylic acids is 1. The van der Waals surface area contributed by atoms with Crippen LogP contribution in [0.15, 0.2) is 0 Å². The van der Waals surface area contributed by atoms with Crippen LogP contribution in [0.4, 0.5) is 0 Å². The summed E-state index contributed by atoms with van der Waals surface area (Å²) in [5.41, 5.74) is 0. The van der Waals surface area contributed by atoms with Gasteiger partial charge in [0.15, 0.2) is 6.04 Å². The van der Waals surface area contributed by atoms with Gasteiger partial charge in [-0.25, -0.2) is 4.79 Å². The van der Waals surface area contributed by atoms with Crippen LogP contribution in [-0.4, -0.2) is 60.9 Å². The SMILES string of the molecule is O=C(O)C1COCC(=O)N1CC1CCCOC1. The van der Waals surface area contributed by atoms with Gasteiger partial charge in [0.2, 0.25) is 5.91 Å². The molecule has 0 aliphatic carbocycles. The van der Waals surface area contributed by atoms with Crippen molar-refractivity contribution in [3.8, 4) is 0 Å². The Hall–Kier alpha value is -1.14. The van der Waals surface area contributed by atoms with E-state index >= 15 is 0 Å². The Kier molecular flexibility index (Phi) is 3.96. The summed E-state index contributed by atoms with van der Waals surface area (Å²) in [6, 6.07) is -0.849. The van der Waals surface area contributed by atoms with Crippen molar-refractivity contribution in [3.63, 3.8) is 0 Å². The molecule has 96 valence electrons. The van der Waals surface area contributed by atoms with Crippen molar-refractivity contribution in [1.82, 2.24) is 4.90 Å². The lowest BCUT2D eigenvalue weighted by Crippen LogP contribution is -2.55. The fraction of sp³-hybridized carbons (Fsp3) is 0.818. The number of ether oxygens (including phenoxy) is 2. The summed E-state index contributed by atoms with van der Waals surface area (Å²) in [6.07, 6.45) is 1.96. The number of morpholine rings is 1. The number of carbonyl (C=O) groups excluding carboxylic acids is 1. The van der Waals surface area contributed by atoms with Crippen molar-refractivity contribution in [2.75, 3.05) is 33.0 Å². The molecular weight excluding hydrogens is 226 g/mol. The average Bonchev–Trinajstić information content (AvgIpc) is 2.33. The Morgan fingerprint density at radius 3 is 2.88 bits per heavy atom. The van der Waals surface area contributed by atoms with E-state index in [1.165, 1.54) is 4.90 Å². The van der Waals surface area contributed by atoms with Gasteiger partial charge in [0.1, 0.15) is 6.61 Å². The number of carboxylic acids is 1. The second kappa shape index (κ2) is 5.46. The molecule has 17 heavy (non-hydrogen) atoms. The fourth-order valence-corrected chi connectivity index (χ4v) is 2.27. The first-order valence-electron chi connectivity index (χ1n) is 5.86. The lowest BCUT2D eigenvalue weighted by molar-refractivity contribution is -0.164. The minimum Gasteiger partial charge on any atom is -0.480 e. The highest BCUT2D eigenvalue weighted by Crippen LogP contribution is 2.18. The van der Waals surface area contributed by atoms with Crippen LogP contribution in [0, 0.1) is 5.92 Å². The molecule has 0 radical (unpaired) electrons. The number of nitrogens with zero attached hydrogens (tertiary/aromatic N) is 1. The zero-order valence-corrected chi connectivity index (χ0v) is 9.63. The molecule has 0 bridgehead atoms. The Balaban J connectivity index is 1.98. The van der Waals surface area contributed by atoms with Gasteiger partial charge in [0, 0.05) is 13.2 Å². The molecule has 2 aliphatic heterocycles. The maximum atomic E-state index is 11.7. The largest absolute Gasteiger partial charge is 0.480 e. The van der Waals surface area contributed by atoms with Crippen molar-refractivity contribution < 1.29 is 24.2 Å². The Bertz CT molecular complexity index is 300. The van der Waals surface area contributed by atoms with E-state index in [-0.39, 0.29) is 25.0 Å². The van der Waals surface area contributed by atoms with Crippen LogP contribution in [0.3, 0.4) is 0 Å². The van der Waals surface area contributed by atoms with E-state index in [1.54, 1.807) is 0 Å². The summed E-state index contributed by atoms with van der Waals surface area (Å²) in [5.74, 6) is -1.00. The van der Waals surface area contributed by atoms with Crippen LogP contribution >= 0.6 is 0 Å². The molecule has 1 N–H and O–H groups in total. The molecule has 6 nitrogen and oxygen atoms in total. The lowest BCUT2D eigenvalue weighted by atomic mass is 10.0. The van der Waals surface area contributed by atoms with Gasteiger partial charge >= 0.3 is 5.97 Å². The molecular formula is C11H17NO5. The highest BCUT2D eigenvalue weighted by atomic mass is 16.5. The Morgan fingerprint density at radius 1 is 1.41 bits per heavy atom. The standard InChI is InChI=1S/C11H17NO5/c13-10-7-17-6-9(11(14)15)12(10)4-8-2-1-3-16-5-8/h8-9H,1-7H2,(H,14,15). The zero-order valence-electron chi connectivity index (χ0n) is 9.63. The minimum absolute atomic E-state index is 0.0165. The van der Waals surface area contributed by atoms with E-state index in [1.807, 2.05) is 0 Å². The molecule has 2 fully saturated rings. The van der Waals surface area contributed by atoms with Crippen molar-refractivity contribution >= 4 is 11.9 Å². The second-order valence-electron chi connectivity index (χ2n) is 4.50. The van der Waals surface area contributed by atoms with E-state index < -0.39 is 12.0 Å². The molecule has 0 spiro atoms. The quantitative estimate of drug-likeness (QED) is 0.738. The van der Waals surface area contributed by atoms with E-state index in [0.717, 1.165) is 19.4 Å². The molecule has 2 rings (SSSR count). The van der Waals surface area contributed by atoms with Gasteiger partial charge in [-0.3, -0.25) is 4.79 Å². The number of hydrogen-bond donors (Lipinski definition) is 1. The third-order valence-electron chi connectivity index (χ3n) is 3.19. The van der Waals surface area contributed by atoms with Crippen molar-refractivity contribution in [3.05, 3.63) is 0 Å². The van der Waals surface area contributed by atoms with Crippen LogP contribution in [0.25, 0.3) is 0 Å². The number of carbonyl (C=O) groups is 2. The van der Waals surface area contributed by atoms with Crippen LogP contribution in [0.2, 0.25) is 0 Å². The summed E-state index contributed by atoms with van der Waals surface area (Å²) in [6.45, 7) is 1.89. The first-order chi connectivity index (χ1) is 8.18. The van der Waals surface area contributed by atoms with E-state index in [2.05, 4.69) is 0 Å². The molecule has 0 saturated carbocycles. The molecule has 0 aromatic carbocycles. The summed E-state index contributed by atoms with van der Waals surface area (Å²) >= 11 is 0. The Labute approximate surface area is 99.5 Å². The third-order valence-corrected chi connectivity index (χ3v) is 3.19. The number of amides is 1. The maximum Gasteiger partial charge on any atom is 0.328 e. The highest BCUT2D eigenvalue weighted by molar-refractivity contribution is 5.85. The predicted molar refractivity (Wildman–Crippen MR) is 57.5 cm³/mol. The summed E-state index contributed by atoms with van der Waals surface area (Å²) in [4.78, 5) is 24.1. The number of carboxylic acid groups (broad SMARTS) is 1. The van der Waals surface area contributed by atoms with E-state index in [4.69, 9.17) is 14.6 Å². The van der Waals surface area contributed by atoms with Crippen LogP contribution in [0.1, 0.15) is 12.8 Å². The van der Waals surface area contributed by atoms with Gasteiger partial charge in [0.05, 0.1) is 13.2 Å². The smallest absolute Gasteiger partial charge is 0.328 e. The minimum atomic E-state index is -1.00. The van der Waals surface area contributed by atoms with Crippen molar-refractivity contribution in [1.29, 1.82) is 0 Å². The van der Waals surface area contributed by atoms with Crippen LogP contribution < -0.4 is 0 Å². The summed E-state index contributed by atoms with van der Waals surface area (Å²) < 4.78 is 10.3. The van der Waals surface area contributed by atoms with E-state index in [9.17, 15) is 9.59 Å². The second-order valence-corrected chi connectivity index (χ2v) is 4.50. The first kappa shape index (κ1) is 12.3. The van der Waals surface area contributed by atoms with Crippen molar-refractivity contribution in [2.24, 2.45) is 5.92 Å². The predicted octanol–water partition coefficient (Wildman–Crippen LogP) is -0.275. The van der Waals surface area contributed by atoms with Gasteiger partial charge in [-0.2, -0.15) is 0 Å². The highest BCUT2D eigenvalue weighted by Gasteiger charge is 2.35. The van der Waals surface area contributed by atoms with Crippen LogP contribution in [0.5, 0.6) is 0 Å². The molecule has 2 unspecified atom stereocenters. The van der Waals surface area contributed by atoms with Gasteiger partial charge in [-0.05, 0) is 18.8 Å². The third kappa shape index (κ3) is 2.95. The van der Waals surface area contributed by atoms with Crippen LogP contribution in [-0.2, 0) is 19.1 Å². The van der Waals surface area contributed by atoms with Gasteiger partial charge in [0.25, 0.3) is 0 Å². The molecule has 6 heteroatoms. The number of rotatable bonds is 3. The number of hydrogen-bond acceptors (Lipinski definition) is 4. The zero-order chi connectivity index (χ0) is 12.3. The lowest BCUT2D eigenvalue weighted by Gasteiger charge is -2.36. The topological polar surface area (TPSA) is 76.1 Å². The maximum absolute atomic E-state index is 11.7. The molecule has 0 aromatic heterocycles. The average molecular weight is 243 g/mol. The molecule has 2 aliphatic rings.